The molecule has 0 atom stereocenters. The van der Waals surface area contributed by atoms with E-state index in [1.54, 1.807) is 0 Å². The molecule has 1 aromatic carbocycles. The summed E-state index contributed by atoms with van der Waals surface area (Å²) in [7, 11) is 0. The molecule has 0 aliphatic rings. The first-order chi connectivity index (χ1) is 8.25. The average Bonchev–Trinajstić information content (AvgIpc) is 2.71. The molecule has 4 nitrogen and oxygen atoms in total. The van der Waals surface area contributed by atoms with E-state index in [0.29, 0.717) is 11.2 Å². The Morgan fingerprint density at radius 2 is 1.88 bits per heavy atom. The zero-order chi connectivity index (χ0) is 11.8. The first kappa shape index (κ1) is 9.83. The molecule has 17 heavy (non-hydrogen) atoms. The van der Waals surface area contributed by atoms with Crippen LogP contribution in [0, 0.1) is 11.6 Å². The van der Waals surface area contributed by atoms with Gasteiger partial charge in [0.15, 0.2) is 5.65 Å². The van der Waals surface area contributed by atoms with Gasteiger partial charge in [-0.25, -0.2) is 23.7 Å². The zero-order valence-corrected chi connectivity index (χ0v) is 8.48. The normalized spacial score (nSPS) is 10.9. The van der Waals surface area contributed by atoms with E-state index in [-0.39, 0.29) is 11.4 Å². The lowest BCUT2D eigenvalue weighted by Crippen LogP contribution is -1.91. The Morgan fingerprint density at radius 1 is 1.12 bits per heavy atom. The van der Waals surface area contributed by atoms with Crippen LogP contribution in [0.4, 0.5) is 8.78 Å². The van der Waals surface area contributed by atoms with Crippen molar-refractivity contribution < 1.29 is 8.78 Å². The Hall–Kier alpha value is -2.37. The average molecular weight is 232 g/mol. The fourth-order valence-electron chi connectivity index (χ4n) is 1.60. The second-order valence-electron chi connectivity index (χ2n) is 3.44. The summed E-state index contributed by atoms with van der Waals surface area (Å²) in [6, 6.07) is 3.66. The van der Waals surface area contributed by atoms with Crippen LogP contribution in [0.25, 0.3) is 22.6 Å². The third-order valence-corrected chi connectivity index (χ3v) is 2.36. The highest BCUT2D eigenvalue weighted by molar-refractivity contribution is 5.75. The number of rotatable bonds is 1. The summed E-state index contributed by atoms with van der Waals surface area (Å²) >= 11 is 0. The lowest BCUT2D eigenvalue weighted by Gasteiger charge is -1.99. The van der Waals surface area contributed by atoms with Gasteiger partial charge in [0.1, 0.15) is 29.3 Å². The van der Waals surface area contributed by atoms with Gasteiger partial charge in [0.2, 0.25) is 0 Å². The molecule has 0 saturated heterocycles. The number of benzene rings is 1. The Balaban J connectivity index is 2.27. The van der Waals surface area contributed by atoms with E-state index in [9.17, 15) is 8.78 Å². The van der Waals surface area contributed by atoms with Gasteiger partial charge in [-0.15, -0.1) is 0 Å². The lowest BCUT2D eigenvalue weighted by molar-refractivity contribution is 0.588. The summed E-state index contributed by atoms with van der Waals surface area (Å²) in [6.45, 7) is 0. The summed E-state index contributed by atoms with van der Waals surface area (Å²) in [5.41, 5.74) is 0.716. The maximum atomic E-state index is 13.5. The second kappa shape index (κ2) is 3.58. The van der Waals surface area contributed by atoms with Crippen molar-refractivity contribution in [1.82, 2.24) is 19.9 Å². The third-order valence-electron chi connectivity index (χ3n) is 2.36. The lowest BCUT2D eigenvalue weighted by atomic mass is 10.2. The molecular weight excluding hydrogens is 226 g/mol. The van der Waals surface area contributed by atoms with Crippen LogP contribution in [-0.2, 0) is 0 Å². The minimum Gasteiger partial charge on any atom is -0.335 e. The van der Waals surface area contributed by atoms with Crippen LogP contribution in [0.5, 0.6) is 0 Å². The van der Waals surface area contributed by atoms with Crippen molar-refractivity contribution >= 4 is 11.2 Å². The van der Waals surface area contributed by atoms with E-state index in [2.05, 4.69) is 19.9 Å². The van der Waals surface area contributed by atoms with Gasteiger partial charge in [0.05, 0.1) is 11.8 Å². The minimum absolute atomic E-state index is 0.108. The van der Waals surface area contributed by atoms with Gasteiger partial charge in [-0.2, -0.15) is 0 Å². The molecule has 0 unspecified atom stereocenters. The summed E-state index contributed by atoms with van der Waals surface area (Å²) < 4.78 is 27.1. The van der Waals surface area contributed by atoms with Crippen LogP contribution in [0.1, 0.15) is 0 Å². The highest BCUT2D eigenvalue weighted by Gasteiger charge is 2.15. The summed E-state index contributed by atoms with van der Waals surface area (Å²) in [6.07, 6.45) is 2.82. The molecule has 0 bridgehead atoms. The van der Waals surface area contributed by atoms with Crippen LogP contribution >= 0.6 is 0 Å². The van der Waals surface area contributed by atoms with Crippen LogP contribution in [-0.4, -0.2) is 19.9 Å². The number of aromatic amines is 1. The fourth-order valence-corrected chi connectivity index (χ4v) is 1.60. The summed E-state index contributed by atoms with van der Waals surface area (Å²) in [5.74, 6) is -1.23. The zero-order valence-electron chi connectivity index (χ0n) is 8.48. The molecule has 0 aliphatic heterocycles. The number of hydrogen-bond acceptors (Lipinski definition) is 3. The summed E-state index contributed by atoms with van der Waals surface area (Å²) in [5, 5.41) is 0. The second-order valence-corrected chi connectivity index (χ2v) is 3.44. The van der Waals surface area contributed by atoms with Crippen LogP contribution in [0.2, 0.25) is 0 Å². The van der Waals surface area contributed by atoms with Gasteiger partial charge in [0.25, 0.3) is 0 Å². The first-order valence-electron chi connectivity index (χ1n) is 4.86. The van der Waals surface area contributed by atoms with E-state index in [1.165, 1.54) is 30.7 Å². The van der Waals surface area contributed by atoms with Crippen molar-refractivity contribution in [3.63, 3.8) is 0 Å². The molecule has 2 heterocycles. The van der Waals surface area contributed by atoms with E-state index >= 15 is 0 Å². The SMILES string of the molecule is Fc1cccc(F)c1-c1nc2ncncc2[nH]1. The van der Waals surface area contributed by atoms with Crippen molar-refractivity contribution in [2.75, 3.05) is 0 Å². The van der Waals surface area contributed by atoms with Crippen molar-refractivity contribution in [2.45, 2.75) is 0 Å². The molecule has 0 fully saturated rings. The van der Waals surface area contributed by atoms with Crippen molar-refractivity contribution in [1.29, 1.82) is 0 Å². The molecule has 0 spiro atoms. The van der Waals surface area contributed by atoms with E-state index in [1.807, 2.05) is 0 Å². The van der Waals surface area contributed by atoms with E-state index in [4.69, 9.17) is 0 Å². The van der Waals surface area contributed by atoms with Gasteiger partial charge >= 0.3 is 0 Å². The predicted molar refractivity (Wildman–Crippen MR) is 57.0 cm³/mol. The van der Waals surface area contributed by atoms with Gasteiger partial charge in [-0.05, 0) is 12.1 Å². The maximum absolute atomic E-state index is 13.5. The maximum Gasteiger partial charge on any atom is 0.181 e. The highest BCUT2D eigenvalue weighted by atomic mass is 19.1. The predicted octanol–water partition coefficient (Wildman–Crippen LogP) is 2.30. The van der Waals surface area contributed by atoms with Crippen LogP contribution in [0.3, 0.4) is 0 Å². The van der Waals surface area contributed by atoms with Crippen molar-refractivity contribution in [3.8, 4) is 11.4 Å². The van der Waals surface area contributed by atoms with Crippen LogP contribution in [0.15, 0.2) is 30.7 Å². The van der Waals surface area contributed by atoms with E-state index < -0.39 is 11.6 Å². The molecule has 0 amide bonds. The standard InChI is InChI=1S/C11H6F2N4/c12-6-2-1-3-7(13)9(6)11-16-8-4-14-5-15-10(8)17-11/h1-5H,(H,14,15,16,17). The first-order valence-corrected chi connectivity index (χ1v) is 4.86. The number of aromatic nitrogens is 4. The molecular formula is C11H6F2N4. The largest absolute Gasteiger partial charge is 0.335 e. The number of fused-ring (bicyclic) bond motifs is 1. The molecule has 0 saturated carbocycles. The van der Waals surface area contributed by atoms with Crippen molar-refractivity contribution in [2.24, 2.45) is 0 Å². The monoisotopic (exact) mass is 232 g/mol. The third kappa shape index (κ3) is 1.54. The van der Waals surface area contributed by atoms with Crippen LogP contribution < -0.4 is 0 Å². The Bertz CT molecular complexity index is 640. The molecule has 6 heteroatoms. The van der Waals surface area contributed by atoms with Gasteiger partial charge < -0.3 is 4.98 Å². The number of nitrogens with zero attached hydrogens (tertiary/aromatic N) is 3. The molecule has 3 rings (SSSR count). The number of hydrogen-bond donors (Lipinski definition) is 1. The van der Waals surface area contributed by atoms with Gasteiger partial charge in [-0.3, -0.25) is 0 Å². The number of halogens is 2. The number of nitrogens with one attached hydrogen (secondary N) is 1. The topological polar surface area (TPSA) is 54.5 Å². The summed E-state index contributed by atoms with van der Waals surface area (Å²) in [4.78, 5) is 14.5. The number of H-pyrrole nitrogens is 1. The molecule has 3 aromatic rings. The molecule has 1 N–H and O–H groups in total. The Labute approximate surface area is 94.4 Å². The molecule has 2 aromatic heterocycles. The van der Waals surface area contributed by atoms with E-state index in [0.717, 1.165) is 0 Å². The number of imidazole rings is 1. The fraction of sp³-hybridized carbons (Fsp3) is 0. The van der Waals surface area contributed by atoms with Crippen molar-refractivity contribution in [3.05, 3.63) is 42.4 Å². The smallest absolute Gasteiger partial charge is 0.181 e. The minimum atomic E-state index is -0.669. The molecule has 0 aliphatic carbocycles. The Morgan fingerprint density at radius 3 is 2.59 bits per heavy atom. The Kier molecular flexibility index (Phi) is 2.07. The molecule has 84 valence electrons. The van der Waals surface area contributed by atoms with Gasteiger partial charge in [-0.1, -0.05) is 6.07 Å². The highest BCUT2D eigenvalue weighted by Crippen LogP contribution is 2.24. The quantitative estimate of drug-likeness (QED) is 0.700. The molecule has 0 radical (unpaired) electrons. The van der Waals surface area contributed by atoms with Gasteiger partial charge in [0, 0.05) is 0 Å².